The van der Waals surface area contributed by atoms with E-state index in [9.17, 15) is 0 Å². The summed E-state index contributed by atoms with van der Waals surface area (Å²) in [4.78, 5) is 4.34. The number of nitrogens with one attached hydrogen (secondary N) is 1. The third kappa shape index (κ3) is 3.50. The monoisotopic (exact) mass is 195 g/mol. The fourth-order valence-electron chi connectivity index (χ4n) is 1.50. The van der Waals surface area contributed by atoms with E-state index in [2.05, 4.69) is 34.9 Å². The Kier molecular flexibility index (Phi) is 5.30. The molecule has 0 spiro atoms. The van der Waals surface area contributed by atoms with Gasteiger partial charge in [-0.2, -0.15) is 0 Å². The first-order valence-corrected chi connectivity index (χ1v) is 5.59. The standard InChI is InChI=1S/C11H21N3/c1-3-5-11-13-8-10-14(11)9-7-12-6-4-2/h8,10,12H,3-7,9H2,1-2H3. The van der Waals surface area contributed by atoms with E-state index in [0.29, 0.717) is 0 Å². The first kappa shape index (κ1) is 11.2. The molecule has 0 atom stereocenters. The highest BCUT2D eigenvalue weighted by molar-refractivity contribution is 4.92. The fourth-order valence-corrected chi connectivity index (χ4v) is 1.50. The van der Waals surface area contributed by atoms with Crippen LogP contribution in [0.3, 0.4) is 0 Å². The van der Waals surface area contributed by atoms with Crippen LogP contribution >= 0.6 is 0 Å². The third-order valence-corrected chi connectivity index (χ3v) is 2.23. The molecule has 0 aliphatic rings. The maximum Gasteiger partial charge on any atom is 0.108 e. The Morgan fingerprint density at radius 2 is 2.14 bits per heavy atom. The average Bonchev–Trinajstić information content (AvgIpc) is 2.61. The average molecular weight is 195 g/mol. The Morgan fingerprint density at radius 1 is 1.29 bits per heavy atom. The van der Waals surface area contributed by atoms with Crippen LogP contribution in [-0.4, -0.2) is 22.6 Å². The van der Waals surface area contributed by atoms with Crippen LogP contribution in [0.15, 0.2) is 12.4 Å². The molecule has 1 rings (SSSR count). The molecule has 0 aliphatic heterocycles. The molecule has 1 N–H and O–H groups in total. The second-order valence-corrected chi connectivity index (χ2v) is 3.54. The summed E-state index contributed by atoms with van der Waals surface area (Å²) < 4.78 is 2.24. The van der Waals surface area contributed by atoms with E-state index in [-0.39, 0.29) is 0 Å². The normalized spacial score (nSPS) is 10.7. The summed E-state index contributed by atoms with van der Waals surface area (Å²) in [6.45, 7) is 7.56. The number of aryl methyl sites for hydroxylation is 1. The summed E-state index contributed by atoms with van der Waals surface area (Å²) in [6, 6.07) is 0. The Bertz CT molecular complexity index is 242. The quantitative estimate of drug-likeness (QED) is 0.673. The molecule has 0 saturated heterocycles. The zero-order valence-corrected chi connectivity index (χ0v) is 9.29. The summed E-state index contributed by atoms with van der Waals surface area (Å²) in [5.74, 6) is 1.21. The van der Waals surface area contributed by atoms with E-state index in [1.165, 1.54) is 18.7 Å². The number of rotatable bonds is 7. The van der Waals surface area contributed by atoms with Gasteiger partial charge in [0.1, 0.15) is 5.82 Å². The van der Waals surface area contributed by atoms with E-state index in [0.717, 1.165) is 26.1 Å². The van der Waals surface area contributed by atoms with Gasteiger partial charge in [0, 0.05) is 31.9 Å². The van der Waals surface area contributed by atoms with Crippen molar-refractivity contribution in [2.24, 2.45) is 0 Å². The molecule has 14 heavy (non-hydrogen) atoms. The minimum Gasteiger partial charge on any atom is -0.334 e. The zero-order chi connectivity index (χ0) is 10.2. The van der Waals surface area contributed by atoms with E-state index < -0.39 is 0 Å². The van der Waals surface area contributed by atoms with Gasteiger partial charge in [-0.15, -0.1) is 0 Å². The number of hydrogen-bond acceptors (Lipinski definition) is 2. The summed E-state index contributed by atoms with van der Waals surface area (Å²) >= 11 is 0. The predicted octanol–water partition coefficient (Wildman–Crippen LogP) is 1.84. The summed E-state index contributed by atoms with van der Waals surface area (Å²) in [5, 5.41) is 3.39. The van der Waals surface area contributed by atoms with Crippen LogP contribution in [0.1, 0.15) is 32.5 Å². The van der Waals surface area contributed by atoms with Crippen molar-refractivity contribution in [2.75, 3.05) is 13.1 Å². The fraction of sp³-hybridized carbons (Fsp3) is 0.727. The van der Waals surface area contributed by atoms with Gasteiger partial charge in [0.2, 0.25) is 0 Å². The van der Waals surface area contributed by atoms with Gasteiger partial charge in [-0.3, -0.25) is 0 Å². The smallest absolute Gasteiger partial charge is 0.108 e. The van der Waals surface area contributed by atoms with Gasteiger partial charge in [0.05, 0.1) is 0 Å². The van der Waals surface area contributed by atoms with Gasteiger partial charge in [0.15, 0.2) is 0 Å². The largest absolute Gasteiger partial charge is 0.334 e. The van der Waals surface area contributed by atoms with Crippen LogP contribution in [0, 0.1) is 0 Å². The van der Waals surface area contributed by atoms with Gasteiger partial charge in [-0.25, -0.2) is 4.98 Å². The molecule has 1 heterocycles. The second kappa shape index (κ2) is 6.60. The first-order chi connectivity index (χ1) is 6.88. The number of nitrogens with zero attached hydrogens (tertiary/aromatic N) is 2. The third-order valence-electron chi connectivity index (χ3n) is 2.23. The molecule has 0 unspecified atom stereocenters. The SMILES string of the molecule is CCCNCCn1ccnc1CCC. The van der Waals surface area contributed by atoms with Crippen molar-refractivity contribution < 1.29 is 0 Å². The second-order valence-electron chi connectivity index (χ2n) is 3.54. The lowest BCUT2D eigenvalue weighted by molar-refractivity contribution is 0.573. The first-order valence-electron chi connectivity index (χ1n) is 5.59. The van der Waals surface area contributed by atoms with Crippen molar-refractivity contribution in [3.05, 3.63) is 18.2 Å². The highest BCUT2D eigenvalue weighted by atomic mass is 15.1. The number of aromatic nitrogens is 2. The summed E-state index contributed by atoms with van der Waals surface area (Å²) in [6.07, 6.45) is 7.41. The van der Waals surface area contributed by atoms with Crippen molar-refractivity contribution >= 4 is 0 Å². The minimum absolute atomic E-state index is 1.04. The minimum atomic E-state index is 1.04. The molecule has 1 aromatic rings. The van der Waals surface area contributed by atoms with Crippen LogP contribution in [0.2, 0.25) is 0 Å². The molecule has 0 aromatic carbocycles. The van der Waals surface area contributed by atoms with Crippen LogP contribution in [0.4, 0.5) is 0 Å². The van der Waals surface area contributed by atoms with E-state index in [1.54, 1.807) is 0 Å². The number of hydrogen-bond donors (Lipinski definition) is 1. The van der Waals surface area contributed by atoms with Crippen molar-refractivity contribution in [2.45, 2.75) is 39.7 Å². The molecule has 0 radical (unpaired) electrons. The number of imidazole rings is 1. The van der Waals surface area contributed by atoms with Gasteiger partial charge in [-0.1, -0.05) is 13.8 Å². The molecule has 0 aliphatic carbocycles. The molecular formula is C11H21N3. The predicted molar refractivity (Wildman–Crippen MR) is 59.4 cm³/mol. The Hall–Kier alpha value is -0.830. The van der Waals surface area contributed by atoms with E-state index >= 15 is 0 Å². The molecule has 0 fully saturated rings. The molecular weight excluding hydrogens is 174 g/mol. The Morgan fingerprint density at radius 3 is 2.86 bits per heavy atom. The topological polar surface area (TPSA) is 29.9 Å². The Balaban J connectivity index is 2.30. The van der Waals surface area contributed by atoms with E-state index in [1.807, 2.05) is 6.20 Å². The molecule has 0 bridgehead atoms. The molecule has 80 valence electrons. The highest BCUT2D eigenvalue weighted by Crippen LogP contribution is 2.00. The van der Waals surface area contributed by atoms with Crippen LogP contribution < -0.4 is 5.32 Å². The van der Waals surface area contributed by atoms with Crippen molar-refractivity contribution in [1.29, 1.82) is 0 Å². The maximum absolute atomic E-state index is 4.34. The van der Waals surface area contributed by atoms with Crippen molar-refractivity contribution in [3.8, 4) is 0 Å². The highest BCUT2D eigenvalue weighted by Gasteiger charge is 1.99. The lowest BCUT2D eigenvalue weighted by Gasteiger charge is -2.07. The molecule has 1 aromatic heterocycles. The molecule has 3 heteroatoms. The van der Waals surface area contributed by atoms with Gasteiger partial charge in [0.25, 0.3) is 0 Å². The van der Waals surface area contributed by atoms with Gasteiger partial charge < -0.3 is 9.88 Å². The van der Waals surface area contributed by atoms with Crippen molar-refractivity contribution in [1.82, 2.24) is 14.9 Å². The molecule has 3 nitrogen and oxygen atoms in total. The van der Waals surface area contributed by atoms with Crippen molar-refractivity contribution in [3.63, 3.8) is 0 Å². The maximum atomic E-state index is 4.34. The van der Waals surface area contributed by atoms with Crippen LogP contribution in [0.25, 0.3) is 0 Å². The zero-order valence-electron chi connectivity index (χ0n) is 9.29. The molecule has 0 amide bonds. The summed E-state index contributed by atoms with van der Waals surface area (Å²) in [5.41, 5.74) is 0. The van der Waals surface area contributed by atoms with Crippen LogP contribution in [-0.2, 0) is 13.0 Å². The van der Waals surface area contributed by atoms with E-state index in [4.69, 9.17) is 0 Å². The summed E-state index contributed by atoms with van der Waals surface area (Å²) in [7, 11) is 0. The van der Waals surface area contributed by atoms with Crippen LogP contribution in [0.5, 0.6) is 0 Å². The lowest BCUT2D eigenvalue weighted by Crippen LogP contribution is -2.21. The Labute approximate surface area is 86.5 Å². The van der Waals surface area contributed by atoms with Gasteiger partial charge in [-0.05, 0) is 19.4 Å². The lowest BCUT2D eigenvalue weighted by atomic mass is 10.3. The van der Waals surface area contributed by atoms with Gasteiger partial charge >= 0.3 is 0 Å². The molecule has 0 saturated carbocycles.